The van der Waals surface area contributed by atoms with Crippen molar-refractivity contribution in [3.05, 3.63) is 91.5 Å². The number of amides is 1. The number of aromatic nitrogens is 2. The van der Waals surface area contributed by atoms with Gasteiger partial charge in [0, 0.05) is 39.5 Å². The van der Waals surface area contributed by atoms with Gasteiger partial charge in [0.2, 0.25) is 0 Å². The van der Waals surface area contributed by atoms with E-state index in [2.05, 4.69) is 16.1 Å². The number of anilines is 1. The van der Waals surface area contributed by atoms with Crippen molar-refractivity contribution in [1.82, 2.24) is 14.9 Å². The van der Waals surface area contributed by atoms with E-state index in [1.165, 1.54) is 10.6 Å². The number of aliphatic hydroxyl groups is 2. The van der Waals surface area contributed by atoms with Crippen molar-refractivity contribution in [2.24, 2.45) is 0 Å². The SMILES string of the molecule is C#CP(=O)(Nc1ccc(C(=O)NC2CCc3c(C)c(F)cc4nc5c(c2c34)Cn2c-5cc3c(c2=O)COC(=O)C3(O)CC)cc1)OCCOCCOCCOCCOCCOCCOCCOCCOCCOCCOCCOCCO. The Hall–Kier alpha value is -5.30. The number of fused-ring (bicyclic) bond motifs is 5. The number of nitrogens with zero attached hydrogens (tertiary/aromatic N) is 2. The average molecular weight is 1170 g/mol. The van der Waals surface area contributed by atoms with Gasteiger partial charge in [-0.15, -0.1) is 6.42 Å². The molecule has 2 aromatic carbocycles. The summed E-state index contributed by atoms with van der Waals surface area (Å²) in [7, 11) is -3.80. The van der Waals surface area contributed by atoms with Gasteiger partial charge in [-0.2, -0.15) is 0 Å². The molecular formula is C57H76FN4O19P. The second-order valence-electron chi connectivity index (χ2n) is 19.0. The minimum Gasteiger partial charge on any atom is -0.458 e. The number of rotatable bonds is 41. The number of cyclic esters (lactones) is 1. The number of aryl methyl sites for hydroxylation is 1. The second kappa shape index (κ2) is 33.3. The summed E-state index contributed by atoms with van der Waals surface area (Å²) in [6.45, 7) is 12.0. The van der Waals surface area contributed by atoms with Crippen molar-refractivity contribution >= 4 is 36.0 Å². The van der Waals surface area contributed by atoms with Gasteiger partial charge in [-0.3, -0.25) is 14.2 Å². The first-order valence-corrected chi connectivity index (χ1v) is 29.2. The van der Waals surface area contributed by atoms with Crippen molar-refractivity contribution in [2.75, 3.05) is 164 Å². The van der Waals surface area contributed by atoms with Crippen molar-refractivity contribution in [1.29, 1.82) is 0 Å². The van der Waals surface area contributed by atoms with Crippen LogP contribution in [0.15, 0.2) is 41.2 Å². The molecule has 4 heterocycles. The van der Waals surface area contributed by atoms with Gasteiger partial charge in [-0.25, -0.2) is 14.2 Å². The molecule has 0 fully saturated rings. The summed E-state index contributed by atoms with van der Waals surface area (Å²) in [5.41, 5.74) is 4.51. The van der Waals surface area contributed by atoms with Gasteiger partial charge in [-0.1, -0.05) is 6.92 Å². The largest absolute Gasteiger partial charge is 0.458 e. The molecule has 23 nitrogen and oxygen atoms in total. The van der Waals surface area contributed by atoms with Crippen LogP contribution in [0.1, 0.15) is 69.5 Å². The molecule has 82 heavy (non-hydrogen) atoms. The fourth-order valence-corrected chi connectivity index (χ4v) is 10.5. The van der Waals surface area contributed by atoms with Gasteiger partial charge >= 0.3 is 13.5 Å². The highest BCUT2D eigenvalue weighted by atomic mass is 31.2. The fourth-order valence-electron chi connectivity index (χ4n) is 9.50. The van der Waals surface area contributed by atoms with Crippen LogP contribution in [-0.4, -0.2) is 190 Å². The van der Waals surface area contributed by atoms with Gasteiger partial charge < -0.3 is 86.6 Å². The highest BCUT2D eigenvalue weighted by Gasteiger charge is 2.46. The molecule has 0 saturated carbocycles. The van der Waals surface area contributed by atoms with Crippen LogP contribution in [0.2, 0.25) is 0 Å². The number of ether oxygens (including phenoxy) is 12. The Labute approximate surface area is 476 Å². The summed E-state index contributed by atoms with van der Waals surface area (Å²) in [5, 5.41) is 26.6. The summed E-state index contributed by atoms with van der Waals surface area (Å²) >= 11 is 0. The molecule has 4 N–H and O–H groups in total. The fraction of sp³-hybridized carbons (Fsp3) is 0.579. The summed E-state index contributed by atoms with van der Waals surface area (Å²) in [6.07, 6.45) is 6.49. The van der Waals surface area contributed by atoms with E-state index in [4.69, 9.17) is 77.9 Å². The van der Waals surface area contributed by atoms with E-state index in [-0.39, 0.29) is 57.1 Å². The Bertz CT molecular complexity index is 2870. The van der Waals surface area contributed by atoms with Gasteiger partial charge in [0.25, 0.3) is 11.5 Å². The summed E-state index contributed by atoms with van der Waals surface area (Å²) in [5.74, 6) is -1.68. The molecule has 0 radical (unpaired) electrons. The molecule has 1 aliphatic carbocycles. The van der Waals surface area contributed by atoms with E-state index in [0.29, 0.717) is 190 Å². The van der Waals surface area contributed by atoms with Gasteiger partial charge in [0.15, 0.2) is 5.60 Å². The number of carbonyl (C=O) groups excluding carboxylic acids is 2. The highest BCUT2D eigenvalue weighted by molar-refractivity contribution is 7.65. The molecule has 4 aromatic rings. The van der Waals surface area contributed by atoms with E-state index in [9.17, 15) is 24.1 Å². The second-order valence-corrected chi connectivity index (χ2v) is 20.9. The average Bonchev–Trinajstić information content (AvgIpc) is 4.06. The molecule has 25 heteroatoms. The predicted octanol–water partition coefficient (Wildman–Crippen LogP) is 4.33. The van der Waals surface area contributed by atoms with Crippen LogP contribution in [0.25, 0.3) is 22.3 Å². The number of terminal acetylenes is 1. The summed E-state index contributed by atoms with van der Waals surface area (Å²) < 4.78 is 101. The van der Waals surface area contributed by atoms with Crippen LogP contribution in [0.5, 0.6) is 0 Å². The molecule has 0 saturated heterocycles. The Balaban J connectivity index is 0.713. The van der Waals surface area contributed by atoms with Crippen molar-refractivity contribution in [2.45, 2.75) is 57.9 Å². The number of esters is 1. The highest BCUT2D eigenvalue weighted by Crippen LogP contribution is 2.47. The van der Waals surface area contributed by atoms with E-state index in [1.807, 2.05) is 0 Å². The van der Waals surface area contributed by atoms with E-state index in [0.717, 1.165) is 11.1 Å². The first kappa shape index (κ1) is 64.3. The Morgan fingerprint density at radius 2 is 1.24 bits per heavy atom. The zero-order chi connectivity index (χ0) is 58.2. The molecule has 0 bridgehead atoms. The number of hydrogen-bond donors (Lipinski definition) is 4. The monoisotopic (exact) mass is 1170 g/mol. The van der Waals surface area contributed by atoms with Crippen LogP contribution in [0.4, 0.5) is 10.1 Å². The molecule has 7 rings (SSSR count). The lowest BCUT2D eigenvalue weighted by atomic mass is 9.81. The maximum atomic E-state index is 15.4. The predicted molar refractivity (Wildman–Crippen MR) is 296 cm³/mol. The van der Waals surface area contributed by atoms with E-state index < -0.39 is 42.4 Å². The first-order chi connectivity index (χ1) is 39.9. The van der Waals surface area contributed by atoms with E-state index >= 15 is 4.39 Å². The Morgan fingerprint density at radius 1 is 0.756 bits per heavy atom. The van der Waals surface area contributed by atoms with Gasteiger partial charge in [-0.05, 0) is 73.2 Å². The number of halogens is 1. The lowest BCUT2D eigenvalue weighted by Crippen LogP contribution is -2.44. The third-order valence-electron chi connectivity index (χ3n) is 13.7. The minimum atomic E-state index is -3.80. The van der Waals surface area contributed by atoms with Crippen molar-refractivity contribution in [3.8, 4) is 23.5 Å². The summed E-state index contributed by atoms with van der Waals surface area (Å²) in [4.78, 5) is 45.6. The zero-order valence-electron chi connectivity index (χ0n) is 46.7. The Kier molecular flexibility index (Phi) is 26.1. The van der Waals surface area contributed by atoms with E-state index in [1.54, 1.807) is 44.2 Å². The third-order valence-corrected chi connectivity index (χ3v) is 15.2. The number of carbonyl (C=O) groups is 2. The van der Waals surface area contributed by atoms with Crippen molar-refractivity contribution < 1.29 is 90.1 Å². The summed E-state index contributed by atoms with van der Waals surface area (Å²) in [6, 6.07) is 8.63. The van der Waals surface area contributed by atoms with Crippen molar-refractivity contribution in [3.63, 3.8) is 0 Å². The standard InChI is InChI=1S/C57H76FN4O19P/c1-4-57(67)46-36-50-53-44(38-62(50)55(65)45(46)39-80-56(57)66)52-48(11-10-43-40(3)47(58)37-49(59-53)51(43)52)60-54(64)41-6-8-42(9-7-41)61-82(68,5-2)81-35-34-79-33-32-78-31-30-77-29-28-76-27-26-75-25-24-74-23-22-73-21-20-72-19-18-71-17-16-70-15-14-69-13-12-63/h2,6-9,36-37,48,63,67H,4,10-35,38-39H2,1,3H3,(H,60,64)(H,61,68). The third kappa shape index (κ3) is 17.6. The molecule has 1 amide bonds. The van der Waals surface area contributed by atoms with Gasteiger partial charge in [0.05, 0.1) is 194 Å². The number of aliphatic hydroxyl groups excluding tert-OH is 1. The minimum absolute atomic E-state index is 0.00487. The zero-order valence-corrected chi connectivity index (χ0v) is 47.6. The molecule has 0 spiro atoms. The van der Waals surface area contributed by atoms with Gasteiger partial charge in [0.1, 0.15) is 12.4 Å². The number of nitrogens with one attached hydrogen (secondary N) is 2. The quantitative estimate of drug-likeness (QED) is 0.0184. The maximum absolute atomic E-state index is 15.4. The number of pyridine rings is 2. The molecule has 3 unspecified atom stereocenters. The van der Waals surface area contributed by atoms with Crippen LogP contribution < -0.4 is 16.0 Å². The Morgan fingerprint density at radius 3 is 1.72 bits per heavy atom. The smallest absolute Gasteiger partial charge is 0.367 e. The molecule has 2 aliphatic heterocycles. The number of benzene rings is 2. The normalized spacial score (nSPS) is 16.8. The molecule has 3 aliphatic rings. The molecule has 3 atom stereocenters. The first-order valence-electron chi connectivity index (χ1n) is 27.6. The molecule has 450 valence electrons. The van der Waals surface area contributed by atoms with Crippen LogP contribution in [0, 0.1) is 24.8 Å². The maximum Gasteiger partial charge on any atom is 0.367 e. The lowest BCUT2D eigenvalue weighted by molar-refractivity contribution is -0.172. The topological polar surface area (TPSA) is 271 Å². The van der Waals surface area contributed by atoms with Crippen LogP contribution in [0.3, 0.4) is 0 Å². The molecular weight excluding hydrogens is 1090 g/mol. The van der Waals surface area contributed by atoms with Crippen LogP contribution >= 0.6 is 7.52 Å². The molecule has 2 aromatic heterocycles. The number of hydrogen-bond acceptors (Lipinski definition) is 20. The van der Waals surface area contributed by atoms with Crippen LogP contribution in [-0.2, 0) is 95.9 Å². The lowest BCUT2D eigenvalue weighted by Gasteiger charge is -2.31.